The first-order chi connectivity index (χ1) is 14.2. The minimum atomic E-state index is 0.292. The van der Waals surface area contributed by atoms with Crippen molar-refractivity contribution in [3.8, 4) is 0 Å². The molecule has 0 spiro atoms. The summed E-state index contributed by atoms with van der Waals surface area (Å²) in [6.07, 6.45) is 9.07. The average molecular weight is 404 g/mol. The maximum atomic E-state index is 5.77. The number of morpholine rings is 1. The minimum Gasteiger partial charge on any atom is -0.384 e. The second-order valence-electron chi connectivity index (χ2n) is 9.01. The number of rotatable bonds is 7. The van der Waals surface area contributed by atoms with Gasteiger partial charge in [0.2, 0.25) is 5.95 Å². The van der Waals surface area contributed by atoms with Gasteiger partial charge in [-0.1, -0.05) is 0 Å². The van der Waals surface area contributed by atoms with E-state index in [1.807, 2.05) is 19.5 Å². The number of hydrogen-bond acceptors (Lipinski definition) is 7. The summed E-state index contributed by atoms with van der Waals surface area (Å²) in [5, 5.41) is 3.17. The van der Waals surface area contributed by atoms with E-state index in [9.17, 15) is 0 Å². The quantitative estimate of drug-likeness (QED) is 0.749. The first-order valence-electron chi connectivity index (χ1n) is 11.3. The Hall–Kier alpha value is -1.28. The van der Waals surface area contributed by atoms with Crippen LogP contribution in [-0.2, 0) is 16.0 Å². The van der Waals surface area contributed by atoms with E-state index < -0.39 is 0 Å². The Morgan fingerprint density at radius 2 is 2.00 bits per heavy atom. The van der Waals surface area contributed by atoms with Gasteiger partial charge in [0, 0.05) is 69.2 Å². The Balaban J connectivity index is 1.38. The summed E-state index contributed by atoms with van der Waals surface area (Å²) in [4.78, 5) is 14.2. The molecule has 2 saturated heterocycles. The Morgan fingerprint density at radius 1 is 1.21 bits per heavy atom. The van der Waals surface area contributed by atoms with Crippen LogP contribution in [0.25, 0.3) is 0 Å². The number of methoxy groups -OCH3 is 1. The Morgan fingerprint density at radius 3 is 2.72 bits per heavy atom. The molecule has 0 amide bonds. The zero-order chi connectivity index (χ0) is 20.1. The summed E-state index contributed by atoms with van der Waals surface area (Å²) in [7, 11) is 1.87. The van der Waals surface area contributed by atoms with Gasteiger partial charge in [0.25, 0.3) is 0 Å². The largest absolute Gasteiger partial charge is 0.384 e. The summed E-state index contributed by atoms with van der Waals surface area (Å²) in [5.74, 6) is 1.47. The van der Waals surface area contributed by atoms with E-state index in [4.69, 9.17) is 9.47 Å². The summed E-state index contributed by atoms with van der Waals surface area (Å²) >= 11 is 0. The molecule has 3 aliphatic rings. The van der Waals surface area contributed by atoms with Gasteiger partial charge in [0.05, 0.1) is 19.8 Å². The molecule has 1 saturated carbocycles. The van der Waals surface area contributed by atoms with E-state index in [1.54, 1.807) is 0 Å². The zero-order valence-electron chi connectivity index (χ0n) is 18.1. The fraction of sp³-hybridized carbons (Fsp3) is 0.818. The molecule has 1 aromatic rings. The van der Waals surface area contributed by atoms with E-state index in [0.717, 1.165) is 71.0 Å². The third kappa shape index (κ3) is 4.90. The van der Waals surface area contributed by atoms with Gasteiger partial charge in [0.1, 0.15) is 0 Å². The second-order valence-corrected chi connectivity index (χ2v) is 9.01. The van der Waals surface area contributed by atoms with Gasteiger partial charge in [-0.05, 0) is 45.1 Å². The van der Waals surface area contributed by atoms with E-state index in [0.29, 0.717) is 11.4 Å². The third-order valence-electron chi connectivity index (χ3n) is 7.17. The lowest BCUT2D eigenvalue weighted by atomic mass is 9.62. The van der Waals surface area contributed by atoms with Gasteiger partial charge in [-0.2, -0.15) is 0 Å². The van der Waals surface area contributed by atoms with Crippen LogP contribution in [0.15, 0.2) is 12.4 Å². The molecule has 1 aliphatic carbocycles. The standard InChI is InChI=1S/C22H37N5O2/c1-3-23-21-24-13-18(14-25-21)15-26-7-5-19-12-20(27-8-10-29-11-9-27)4-6-22(19,16-26)17-28-2/h13-14,19-20H,3-12,15-17H2,1-2H3,(H,23,24,25)/t19-,20-,22+/m1/s1. The topological polar surface area (TPSA) is 62.8 Å². The van der Waals surface area contributed by atoms with Crippen molar-refractivity contribution in [1.82, 2.24) is 19.8 Å². The van der Waals surface area contributed by atoms with Gasteiger partial charge in [-0.25, -0.2) is 9.97 Å². The second kappa shape index (κ2) is 9.69. The molecule has 3 atom stereocenters. The van der Waals surface area contributed by atoms with Crippen molar-refractivity contribution in [3.63, 3.8) is 0 Å². The van der Waals surface area contributed by atoms with Crippen LogP contribution >= 0.6 is 0 Å². The fourth-order valence-corrected chi connectivity index (χ4v) is 5.73. The predicted octanol–water partition coefficient (Wildman–Crippen LogP) is 2.25. The molecule has 0 unspecified atom stereocenters. The van der Waals surface area contributed by atoms with Crippen molar-refractivity contribution in [2.24, 2.45) is 11.3 Å². The lowest BCUT2D eigenvalue weighted by molar-refractivity contribution is -0.0871. The molecular weight excluding hydrogens is 366 g/mol. The number of hydrogen-bond donors (Lipinski definition) is 1. The van der Waals surface area contributed by atoms with Gasteiger partial charge < -0.3 is 14.8 Å². The maximum absolute atomic E-state index is 5.77. The SMILES string of the molecule is CCNc1ncc(CN2CC[C@@H]3C[C@H](N4CCOCC4)CC[C@@]3(COC)C2)cn1. The molecule has 29 heavy (non-hydrogen) atoms. The van der Waals surface area contributed by atoms with Crippen LogP contribution in [0.1, 0.15) is 38.2 Å². The molecule has 7 nitrogen and oxygen atoms in total. The summed E-state index contributed by atoms with van der Waals surface area (Å²) < 4.78 is 11.3. The maximum Gasteiger partial charge on any atom is 0.222 e. The first-order valence-corrected chi connectivity index (χ1v) is 11.3. The smallest absolute Gasteiger partial charge is 0.222 e. The highest BCUT2D eigenvalue weighted by atomic mass is 16.5. The molecule has 0 bridgehead atoms. The van der Waals surface area contributed by atoms with Crippen LogP contribution in [0.5, 0.6) is 0 Å². The van der Waals surface area contributed by atoms with E-state index in [2.05, 4.69) is 32.0 Å². The van der Waals surface area contributed by atoms with Crippen molar-refractivity contribution in [3.05, 3.63) is 18.0 Å². The molecular formula is C22H37N5O2. The van der Waals surface area contributed by atoms with Gasteiger partial charge >= 0.3 is 0 Å². The van der Waals surface area contributed by atoms with Crippen LogP contribution in [0.3, 0.4) is 0 Å². The highest BCUT2D eigenvalue weighted by Gasteiger charge is 2.47. The molecule has 3 fully saturated rings. The molecule has 1 aromatic heterocycles. The van der Waals surface area contributed by atoms with E-state index in [-0.39, 0.29) is 0 Å². The molecule has 0 radical (unpaired) electrons. The van der Waals surface area contributed by atoms with Gasteiger partial charge in [0.15, 0.2) is 0 Å². The predicted molar refractivity (Wildman–Crippen MR) is 114 cm³/mol. The van der Waals surface area contributed by atoms with Crippen LogP contribution in [0.4, 0.5) is 5.95 Å². The fourth-order valence-electron chi connectivity index (χ4n) is 5.73. The summed E-state index contributed by atoms with van der Waals surface area (Å²) in [6, 6.07) is 0.729. The number of fused-ring (bicyclic) bond motifs is 1. The van der Waals surface area contributed by atoms with Crippen LogP contribution in [-0.4, -0.2) is 85.5 Å². The molecule has 7 heteroatoms. The summed E-state index contributed by atoms with van der Waals surface area (Å²) in [6.45, 7) is 11.0. The Kier molecular flexibility index (Phi) is 7.00. The van der Waals surface area contributed by atoms with Crippen LogP contribution < -0.4 is 5.32 Å². The monoisotopic (exact) mass is 403 g/mol. The Labute approximate surface area is 175 Å². The highest BCUT2D eigenvalue weighted by molar-refractivity contribution is 5.24. The van der Waals surface area contributed by atoms with Crippen LogP contribution in [0.2, 0.25) is 0 Å². The zero-order valence-corrected chi connectivity index (χ0v) is 18.1. The van der Waals surface area contributed by atoms with E-state index in [1.165, 1.54) is 31.2 Å². The number of aromatic nitrogens is 2. The molecule has 4 rings (SSSR count). The van der Waals surface area contributed by atoms with Crippen molar-refractivity contribution < 1.29 is 9.47 Å². The highest BCUT2D eigenvalue weighted by Crippen LogP contribution is 2.48. The van der Waals surface area contributed by atoms with Crippen molar-refractivity contribution in [2.75, 3.05) is 65.0 Å². The lowest BCUT2D eigenvalue weighted by Gasteiger charge is -2.54. The first kappa shape index (κ1) is 21.0. The number of likely N-dealkylation sites (tertiary alicyclic amines) is 1. The number of anilines is 1. The molecule has 3 heterocycles. The van der Waals surface area contributed by atoms with Crippen molar-refractivity contribution in [1.29, 1.82) is 0 Å². The Bertz CT molecular complexity index is 637. The third-order valence-corrected chi connectivity index (χ3v) is 7.17. The van der Waals surface area contributed by atoms with Gasteiger partial charge in [-0.15, -0.1) is 0 Å². The normalized spacial score (nSPS) is 31.4. The minimum absolute atomic E-state index is 0.292. The molecule has 2 aliphatic heterocycles. The van der Waals surface area contributed by atoms with Gasteiger partial charge in [-0.3, -0.25) is 9.80 Å². The molecule has 0 aromatic carbocycles. The van der Waals surface area contributed by atoms with Crippen molar-refractivity contribution in [2.45, 2.75) is 45.2 Å². The number of ether oxygens (including phenoxy) is 2. The van der Waals surface area contributed by atoms with Crippen LogP contribution in [0, 0.1) is 11.3 Å². The van der Waals surface area contributed by atoms with E-state index >= 15 is 0 Å². The molecule has 162 valence electrons. The number of nitrogens with one attached hydrogen (secondary N) is 1. The number of piperidine rings is 1. The molecule has 1 N–H and O–H groups in total. The number of nitrogens with zero attached hydrogens (tertiary/aromatic N) is 4. The lowest BCUT2D eigenvalue weighted by Crippen LogP contribution is -2.56. The summed E-state index contributed by atoms with van der Waals surface area (Å²) in [5.41, 5.74) is 1.49. The average Bonchev–Trinajstić information content (AvgIpc) is 2.76. The van der Waals surface area contributed by atoms with Crippen molar-refractivity contribution >= 4 is 5.95 Å².